The normalized spacial score (nSPS) is 14.3. The predicted molar refractivity (Wildman–Crippen MR) is 44.5 cm³/mol. The molecule has 0 aromatic carbocycles. The molecule has 0 bridgehead atoms. The van der Waals surface area contributed by atoms with E-state index in [0.717, 1.165) is 6.26 Å². The highest BCUT2D eigenvalue weighted by molar-refractivity contribution is 7.85. The second-order valence-electron chi connectivity index (χ2n) is 2.52. The first-order valence-electron chi connectivity index (χ1n) is 3.55. The summed E-state index contributed by atoms with van der Waals surface area (Å²) in [6.45, 7) is -0.327. The van der Waals surface area contributed by atoms with E-state index in [9.17, 15) is 13.5 Å². The number of aliphatic hydroxyl groups excluding tert-OH is 1. The largest absolute Gasteiger partial charge is 0.466 e. The van der Waals surface area contributed by atoms with Gasteiger partial charge in [-0.3, -0.25) is 4.18 Å². The van der Waals surface area contributed by atoms with E-state index < -0.39 is 16.2 Å². The van der Waals surface area contributed by atoms with E-state index in [4.69, 9.17) is 4.42 Å². The van der Waals surface area contributed by atoms with Crippen LogP contribution in [0.5, 0.6) is 0 Å². The predicted octanol–water partition coefficient (Wildman–Crippen LogP) is 0.289. The lowest BCUT2D eigenvalue weighted by molar-refractivity contribution is 0.0922. The Hall–Kier alpha value is -0.850. The zero-order valence-corrected chi connectivity index (χ0v) is 7.82. The maximum absolute atomic E-state index is 10.5. The summed E-state index contributed by atoms with van der Waals surface area (Å²) in [5, 5.41) is 9.29. The molecule has 74 valence electrons. The fourth-order valence-electron chi connectivity index (χ4n) is 0.751. The molecule has 0 aliphatic heterocycles. The molecule has 1 atom stereocenters. The van der Waals surface area contributed by atoms with Gasteiger partial charge in [0.05, 0.1) is 19.1 Å². The van der Waals surface area contributed by atoms with Gasteiger partial charge in [0.1, 0.15) is 11.9 Å². The Labute approximate surface area is 76.1 Å². The maximum Gasteiger partial charge on any atom is 0.264 e. The molecule has 13 heavy (non-hydrogen) atoms. The molecule has 0 fully saturated rings. The monoisotopic (exact) mass is 206 g/mol. The summed E-state index contributed by atoms with van der Waals surface area (Å²) in [5.74, 6) is 0.281. The van der Waals surface area contributed by atoms with Crippen molar-refractivity contribution in [1.82, 2.24) is 0 Å². The maximum atomic E-state index is 10.5. The average Bonchev–Trinajstić information content (AvgIpc) is 2.50. The molecule has 0 amide bonds. The van der Waals surface area contributed by atoms with Crippen molar-refractivity contribution in [2.45, 2.75) is 6.10 Å². The van der Waals surface area contributed by atoms with Crippen molar-refractivity contribution in [2.75, 3.05) is 12.9 Å². The Morgan fingerprint density at radius 3 is 2.85 bits per heavy atom. The second-order valence-corrected chi connectivity index (χ2v) is 4.16. The summed E-state index contributed by atoms with van der Waals surface area (Å²) in [6, 6.07) is 3.13. The van der Waals surface area contributed by atoms with Gasteiger partial charge in [-0.05, 0) is 12.1 Å². The minimum Gasteiger partial charge on any atom is -0.466 e. The summed E-state index contributed by atoms with van der Waals surface area (Å²) >= 11 is 0. The number of furan rings is 1. The third-order valence-corrected chi connectivity index (χ3v) is 1.88. The number of aliphatic hydroxyl groups is 1. The SMILES string of the molecule is CS(=O)(=O)OC[C@H](O)c1ccco1. The van der Waals surface area contributed by atoms with Gasteiger partial charge in [0.25, 0.3) is 10.1 Å². The number of rotatable bonds is 4. The highest BCUT2D eigenvalue weighted by Crippen LogP contribution is 2.13. The average molecular weight is 206 g/mol. The lowest BCUT2D eigenvalue weighted by Gasteiger charge is -2.06. The first kappa shape index (κ1) is 10.2. The molecule has 0 spiro atoms. The lowest BCUT2D eigenvalue weighted by Crippen LogP contribution is -2.11. The quantitative estimate of drug-likeness (QED) is 0.716. The topological polar surface area (TPSA) is 76.7 Å². The Morgan fingerprint density at radius 2 is 2.38 bits per heavy atom. The summed E-state index contributed by atoms with van der Waals surface area (Å²) in [7, 11) is -3.51. The Balaban J connectivity index is 2.48. The zero-order valence-electron chi connectivity index (χ0n) is 7.00. The Bertz CT molecular complexity index is 339. The first-order chi connectivity index (χ1) is 5.99. The van der Waals surface area contributed by atoms with Crippen LogP contribution in [-0.2, 0) is 14.3 Å². The van der Waals surface area contributed by atoms with E-state index >= 15 is 0 Å². The van der Waals surface area contributed by atoms with Crippen LogP contribution in [0.1, 0.15) is 11.9 Å². The van der Waals surface area contributed by atoms with Gasteiger partial charge in [0.15, 0.2) is 0 Å². The van der Waals surface area contributed by atoms with Crippen molar-refractivity contribution in [3.8, 4) is 0 Å². The molecule has 0 saturated heterocycles. The molecule has 1 rings (SSSR count). The van der Waals surface area contributed by atoms with Gasteiger partial charge in [-0.2, -0.15) is 8.42 Å². The van der Waals surface area contributed by atoms with Crippen LogP contribution < -0.4 is 0 Å². The molecule has 1 heterocycles. The second kappa shape index (κ2) is 3.91. The van der Waals surface area contributed by atoms with Crippen LogP contribution >= 0.6 is 0 Å². The standard InChI is InChI=1S/C7H10O5S/c1-13(9,10)12-5-6(8)7-3-2-4-11-7/h2-4,6,8H,5H2,1H3/t6-/m0/s1. The van der Waals surface area contributed by atoms with Gasteiger partial charge in [-0.25, -0.2) is 0 Å². The summed E-state index contributed by atoms with van der Waals surface area (Å²) < 4.78 is 30.3. The van der Waals surface area contributed by atoms with Crippen molar-refractivity contribution in [2.24, 2.45) is 0 Å². The number of hydrogen-bond acceptors (Lipinski definition) is 5. The van der Waals surface area contributed by atoms with E-state index in [1.807, 2.05) is 0 Å². The zero-order chi connectivity index (χ0) is 9.90. The minimum atomic E-state index is -3.51. The van der Waals surface area contributed by atoms with Crippen LogP contribution in [-0.4, -0.2) is 26.4 Å². The van der Waals surface area contributed by atoms with Gasteiger partial charge in [0, 0.05) is 0 Å². The van der Waals surface area contributed by atoms with Gasteiger partial charge in [-0.15, -0.1) is 0 Å². The molecule has 1 N–H and O–H groups in total. The van der Waals surface area contributed by atoms with Crippen molar-refractivity contribution < 1.29 is 22.1 Å². The van der Waals surface area contributed by atoms with E-state index in [0.29, 0.717) is 0 Å². The molecule has 1 aromatic rings. The van der Waals surface area contributed by atoms with Crippen LogP contribution in [0.3, 0.4) is 0 Å². The molecule has 5 nitrogen and oxygen atoms in total. The van der Waals surface area contributed by atoms with E-state index in [2.05, 4.69) is 4.18 Å². The van der Waals surface area contributed by atoms with Crippen LogP contribution in [0.25, 0.3) is 0 Å². The fraction of sp³-hybridized carbons (Fsp3) is 0.429. The van der Waals surface area contributed by atoms with Crippen molar-refractivity contribution >= 4 is 10.1 Å². The molecular formula is C7H10O5S. The van der Waals surface area contributed by atoms with Gasteiger partial charge in [-0.1, -0.05) is 0 Å². The van der Waals surface area contributed by atoms with Crippen molar-refractivity contribution in [1.29, 1.82) is 0 Å². The summed E-state index contributed by atoms with van der Waals surface area (Å²) in [4.78, 5) is 0. The van der Waals surface area contributed by atoms with Gasteiger partial charge in [0.2, 0.25) is 0 Å². The lowest BCUT2D eigenvalue weighted by atomic mass is 10.3. The van der Waals surface area contributed by atoms with Crippen molar-refractivity contribution in [3.05, 3.63) is 24.2 Å². The van der Waals surface area contributed by atoms with Crippen LogP contribution in [0, 0.1) is 0 Å². The molecule has 0 unspecified atom stereocenters. The third-order valence-electron chi connectivity index (χ3n) is 1.31. The summed E-state index contributed by atoms with van der Waals surface area (Å²) in [5.41, 5.74) is 0. The van der Waals surface area contributed by atoms with Gasteiger partial charge < -0.3 is 9.52 Å². The molecule has 6 heteroatoms. The smallest absolute Gasteiger partial charge is 0.264 e. The molecule has 0 saturated carbocycles. The summed E-state index contributed by atoms with van der Waals surface area (Å²) in [6.07, 6.45) is 1.26. The molecule has 0 aliphatic carbocycles. The highest BCUT2D eigenvalue weighted by atomic mass is 32.2. The van der Waals surface area contributed by atoms with E-state index in [-0.39, 0.29) is 12.4 Å². The molecule has 0 radical (unpaired) electrons. The Morgan fingerprint density at radius 1 is 1.69 bits per heavy atom. The van der Waals surface area contributed by atoms with Crippen LogP contribution in [0.15, 0.2) is 22.8 Å². The fourth-order valence-corrected chi connectivity index (χ4v) is 1.13. The van der Waals surface area contributed by atoms with Gasteiger partial charge >= 0.3 is 0 Å². The molecule has 1 aromatic heterocycles. The van der Waals surface area contributed by atoms with Crippen molar-refractivity contribution in [3.63, 3.8) is 0 Å². The Kier molecular flexibility index (Phi) is 3.07. The molecular weight excluding hydrogens is 196 g/mol. The third kappa shape index (κ3) is 3.58. The number of hydrogen-bond donors (Lipinski definition) is 1. The first-order valence-corrected chi connectivity index (χ1v) is 5.36. The molecule has 0 aliphatic rings. The van der Waals surface area contributed by atoms with E-state index in [1.54, 1.807) is 6.07 Å². The highest BCUT2D eigenvalue weighted by Gasteiger charge is 2.13. The van der Waals surface area contributed by atoms with Crippen LogP contribution in [0.2, 0.25) is 0 Å². The van der Waals surface area contributed by atoms with Crippen LogP contribution in [0.4, 0.5) is 0 Å². The minimum absolute atomic E-state index is 0.281. The van der Waals surface area contributed by atoms with E-state index in [1.165, 1.54) is 12.3 Å².